The highest BCUT2D eigenvalue weighted by Gasteiger charge is 2.32. The molecule has 1 aromatic carbocycles. The third-order valence-electron chi connectivity index (χ3n) is 2.92. The van der Waals surface area contributed by atoms with E-state index in [1.54, 1.807) is 22.5 Å². The van der Waals surface area contributed by atoms with E-state index in [4.69, 9.17) is 0 Å². The van der Waals surface area contributed by atoms with Crippen LogP contribution in [0.4, 0.5) is 0 Å². The van der Waals surface area contributed by atoms with Gasteiger partial charge < -0.3 is 5.32 Å². The highest BCUT2D eigenvalue weighted by Crippen LogP contribution is 2.29. The zero-order valence-corrected chi connectivity index (χ0v) is 13.8. The minimum Gasteiger partial charge on any atom is -0.314 e. The lowest BCUT2D eigenvalue weighted by Gasteiger charge is -2.33. The van der Waals surface area contributed by atoms with Gasteiger partial charge in [0, 0.05) is 34.6 Å². The molecule has 1 unspecified atom stereocenters. The fraction of sp³-hybridized carbons (Fsp3) is 0.455. The van der Waals surface area contributed by atoms with Crippen molar-refractivity contribution in [3.8, 4) is 0 Å². The smallest absolute Gasteiger partial charge is 0.244 e. The van der Waals surface area contributed by atoms with E-state index in [0.29, 0.717) is 29.0 Å². The van der Waals surface area contributed by atoms with Crippen molar-refractivity contribution in [2.24, 2.45) is 0 Å². The molecule has 1 aliphatic rings. The van der Waals surface area contributed by atoms with Crippen LogP contribution in [0.5, 0.6) is 0 Å². The SMILES string of the molecule is CC1CNCCN1S(=O)(=O)c1ccc(Br)cc1Br. The molecule has 2 rings (SSSR count). The zero-order chi connectivity index (χ0) is 13.3. The molecule has 1 aliphatic heterocycles. The van der Waals surface area contributed by atoms with Crippen LogP contribution in [0.3, 0.4) is 0 Å². The highest BCUT2D eigenvalue weighted by atomic mass is 79.9. The van der Waals surface area contributed by atoms with Gasteiger partial charge >= 0.3 is 0 Å². The number of halogens is 2. The van der Waals surface area contributed by atoms with E-state index in [9.17, 15) is 8.42 Å². The molecule has 7 heteroatoms. The monoisotopic (exact) mass is 396 g/mol. The van der Waals surface area contributed by atoms with Crippen LogP contribution in [0.1, 0.15) is 6.92 Å². The summed E-state index contributed by atoms with van der Waals surface area (Å²) in [6.07, 6.45) is 0. The molecule has 0 amide bonds. The highest BCUT2D eigenvalue weighted by molar-refractivity contribution is 9.11. The summed E-state index contributed by atoms with van der Waals surface area (Å²) < 4.78 is 28.2. The maximum Gasteiger partial charge on any atom is 0.244 e. The van der Waals surface area contributed by atoms with Gasteiger partial charge in [0.1, 0.15) is 0 Å². The van der Waals surface area contributed by atoms with Crippen molar-refractivity contribution in [2.45, 2.75) is 17.9 Å². The van der Waals surface area contributed by atoms with Crippen molar-refractivity contribution < 1.29 is 8.42 Å². The quantitative estimate of drug-likeness (QED) is 0.832. The average molecular weight is 398 g/mol. The van der Waals surface area contributed by atoms with Crippen LogP contribution < -0.4 is 5.32 Å². The van der Waals surface area contributed by atoms with E-state index in [1.807, 2.05) is 6.92 Å². The largest absolute Gasteiger partial charge is 0.314 e. The van der Waals surface area contributed by atoms with Crippen LogP contribution in [0.15, 0.2) is 32.0 Å². The molecular weight excluding hydrogens is 384 g/mol. The number of piperazine rings is 1. The van der Waals surface area contributed by atoms with Gasteiger partial charge in [-0.1, -0.05) is 15.9 Å². The van der Waals surface area contributed by atoms with Crippen molar-refractivity contribution in [2.75, 3.05) is 19.6 Å². The number of hydrogen-bond acceptors (Lipinski definition) is 3. The Morgan fingerprint density at radius 1 is 1.39 bits per heavy atom. The van der Waals surface area contributed by atoms with Crippen molar-refractivity contribution in [3.63, 3.8) is 0 Å². The van der Waals surface area contributed by atoms with Gasteiger partial charge in [-0.3, -0.25) is 0 Å². The molecule has 0 radical (unpaired) electrons. The van der Waals surface area contributed by atoms with Crippen LogP contribution in [0.25, 0.3) is 0 Å². The summed E-state index contributed by atoms with van der Waals surface area (Å²) in [5.74, 6) is 0. The average Bonchev–Trinajstić information content (AvgIpc) is 2.28. The topological polar surface area (TPSA) is 49.4 Å². The number of rotatable bonds is 2. The van der Waals surface area contributed by atoms with Crippen LogP contribution in [-0.2, 0) is 10.0 Å². The first kappa shape index (κ1) is 14.5. The van der Waals surface area contributed by atoms with E-state index in [2.05, 4.69) is 37.2 Å². The van der Waals surface area contributed by atoms with E-state index < -0.39 is 10.0 Å². The van der Waals surface area contributed by atoms with Gasteiger partial charge in [0.25, 0.3) is 0 Å². The Balaban J connectivity index is 2.41. The van der Waals surface area contributed by atoms with Crippen LogP contribution >= 0.6 is 31.9 Å². The first-order valence-corrected chi connectivity index (χ1v) is 8.63. The molecule has 0 aromatic heterocycles. The van der Waals surface area contributed by atoms with Gasteiger partial charge in [0.15, 0.2) is 0 Å². The summed E-state index contributed by atoms with van der Waals surface area (Å²) in [4.78, 5) is 0.319. The summed E-state index contributed by atoms with van der Waals surface area (Å²) in [5, 5.41) is 3.19. The lowest BCUT2D eigenvalue weighted by molar-refractivity contribution is 0.283. The number of benzene rings is 1. The van der Waals surface area contributed by atoms with Crippen LogP contribution in [-0.4, -0.2) is 38.4 Å². The predicted molar refractivity (Wildman–Crippen MR) is 78.1 cm³/mol. The molecule has 1 atom stereocenters. The lowest BCUT2D eigenvalue weighted by atomic mass is 10.3. The molecule has 1 heterocycles. The number of nitrogens with one attached hydrogen (secondary N) is 1. The van der Waals surface area contributed by atoms with Gasteiger partial charge in [-0.05, 0) is 41.1 Å². The van der Waals surface area contributed by atoms with Crippen molar-refractivity contribution >= 4 is 41.9 Å². The number of sulfonamides is 1. The second-order valence-electron chi connectivity index (χ2n) is 4.24. The molecule has 1 N–H and O–H groups in total. The van der Waals surface area contributed by atoms with Gasteiger partial charge in [0.05, 0.1) is 4.90 Å². The zero-order valence-electron chi connectivity index (χ0n) is 9.86. The Hall–Kier alpha value is 0.0500. The third kappa shape index (κ3) is 2.80. The van der Waals surface area contributed by atoms with Gasteiger partial charge in [-0.25, -0.2) is 8.42 Å². The Bertz CT molecular complexity index is 548. The maximum atomic E-state index is 12.6. The van der Waals surface area contributed by atoms with Crippen molar-refractivity contribution in [3.05, 3.63) is 27.1 Å². The summed E-state index contributed by atoms with van der Waals surface area (Å²) in [6, 6.07) is 5.09. The summed E-state index contributed by atoms with van der Waals surface area (Å²) >= 11 is 6.64. The third-order valence-corrected chi connectivity index (χ3v) is 6.40. The van der Waals surface area contributed by atoms with Crippen LogP contribution in [0.2, 0.25) is 0 Å². The molecule has 100 valence electrons. The van der Waals surface area contributed by atoms with Gasteiger partial charge in [-0.15, -0.1) is 0 Å². The van der Waals surface area contributed by atoms with Gasteiger partial charge in [-0.2, -0.15) is 4.31 Å². The number of nitrogens with zero attached hydrogens (tertiary/aromatic N) is 1. The Morgan fingerprint density at radius 2 is 2.11 bits per heavy atom. The van der Waals surface area contributed by atoms with E-state index in [1.165, 1.54) is 0 Å². The molecule has 0 saturated carbocycles. The second kappa shape index (κ2) is 5.58. The summed E-state index contributed by atoms with van der Waals surface area (Å²) in [5.41, 5.74) is 0. The summed E-state index contributed by atoms with van der Waals surface area (Å²) in [7, 11) is -3.43. The maximum absolute atomic E-state index is 12.6. The van der Waals surface area contributed by atoms with Crippen molar-refractivity contribution in [1.82, 2.24) is 9.62 Å². The standard InChI is InChI=1S/C11H14Br2N2O2S/c1-8-7-14-4-5-15(8)18(16,17)11-3-2-9(12)6-10(11)13/h2-3,6,8,14H,4-5,7H2,1H3. The van der Waals surface area contributed by atoms with E-state index in [0.717, 1.165) is 4.47 Å². The fourth-order valence-electron chi connectivity index (χ4n) is 1.99. The minimum absolute atomic E-state index is 0.0284. The Labute approximate surface area is 124 Å². The first-order valence-electron chi connectivity index (χ1n) is 5.60. The minimum atomic E-state index is -3.43. The lowest BCUT2D eigenvalue weighted by Crippen LogP contribution is -2.52. The molecule has 4 nitrogen and oxygen atoms in total. The molecule has 0 bridgehead atoms. The molecule has 0 spiro atoms. The Kier molecular flexibility index (Phi) is 4.48. The second-order valence-corrected chi connectivity index (χ2v) is 7.87. The van der Waals surface area contributed by atoms with Crippen LogP contribution in [0, 0.1) is 0 Å². The molecule has 1 aromatic rings. The van der Waals surface area contributed by atoms with E-state index in [-0.39, 0.29) is 6.04 Å². The normalized spacial score (nSPS) is 22.1. The Morgan fingerprint density at radius 3 is 2.72 bits per heavy atom. The van der Waals surface area contributed by atoms with Crippen molar-refractivity contribution in [1.29, 1.82) is 0 Å². The molecule has 1 fully saturated rings. The summed E-state index contributed by atoms with van der Waals surface area (Å²) in [6.45, 7) is 3.80. The molecule has 0 aliphatic carbocycles. The van der Waals surface area contributed by atoms with E-state index >= 15 is 0 Å². The fourth-order valence-corrected chi connectivity index (χ4v) is 5.33. The molecular formula is C11H14Br2N2O2S. The van der Waals surface area contributed by atoms with Gasteiger partial charge in [0.2, 0.25) is 10.0 Å². The molecule has 18 heavy (non-hydrogen) atoms. The number of hydrogen-bond donors (Lipinski definition) is 1. The predicted octanol–water partition coefficient (Wildman–Crippen LogP) is 2.19. The molecule has 1 saturated heterocycles. The first-order chi connectivity index (χ1) is 8.43.